The molecule has 0 radical (unpaired) electrons. The molecule has 5 rings (SSSR count). The summed E-state index contributed by atoms with van der Waals surface area (Å²) >= 11 is 0. The molecule has 4 aromatic rings. The molecule has 172 valence electrons. The molecule has 0 fully saturated rings. The molecule has 0 bridgehead atoms. The molecule has 0 unspecified atom stereocenters. The summed E-state index contributed by atoms with van der Waals surface area (Å²) in [5.41, 5.74) is 5.18. The van der Waals surface area contributed by atoms with Gasteiger partial charge in [0.1, 0.15) is 23.9 Å². The van der Waals surface area contributed by atoms with Crippen molar-refractivity contribution in [3.8, 4) is 11.3 Å². The number of H-pyrrole nitrogens is 1. The minimum absolute atomic E-state index is 0.264. The van der Waals surface area contributed by atoms with Crippen molar-refractivity contribution in [1.82, 2.24) is 24.8 Å². The molecule has 0 saturated heterocycles. The summed E-state index contributed by atoms with van der Waals surface area (Å²) in [6, 6.07) is 10.4. The summed E-state index contributed by atoms with van der Waals surface area (Å²) in [5, 5.41) is 13.2. The molecule has 0 atom stereocenters. The molecular weight excluding hydrogens is 435 g/mol. The molecule has 34 heavy (non-hydrogen) atoms. The van der Waals surface area contributed by atoms with E-state index in [0.717, 1.165) is 33.4 Å². The standard InChI is InChI=1S/C25H23FN6O2/c26-18-3-1-2-16(10-18)12-29-23-14-27-13-22(30-23)19-4-7-28-25-20(19)11-21(31-25)17-5-8-32(9-6-17)24(34)15-33/h1-5,7,10-11,13-14,33H,6,8-9,12,15H2,(H,28,31)(H,29,30). The van der Waals surface area contributed by atoms with Crippen LogP contribution >= 0.6 is 0 Å². The van der Waals surface area contributed by atoms with E-state index >= 15 is 0 Å². The molecule has 3 aromatic heterocycles. The Morgan fingerprint density at radius 1 is 1.24 bits per heavy atom. The molecule has 1 aliphatic heterocycles. The number of anilines is 1. The number of amides is 1. The molecule has 0 aliphatic carbocycles. The number of nitrogens with zero attached hydrogens (tertiary/aromatic N) is 4. The molecule has 0 saturated carbocycles. The summed E-state index contributed by atoms with van der Waals surface area (Å²) in [5.74, 6) is 0.0498. The van der Waals surface area contributed by atoms with E-state index in [1.54, 1.807) is 29.6 Å². The van der Waals surface area contributed by atoms with Gasteiger partial charge in [-0.1, -0.05) is 18.2 Å². The lowest BCUT2D eigenvalue weighted by molar-refractivity contribution is -0.133. The minimum Gasteiger partial charge on any atom is -0.387 e. The number of halogens is 1. The van der Waals surface area contributed by atoms with Crippen molar-refractivity contribution in [2.24, 2.45) is 0 Å². The summed E-state index contributed by atoms with van der Waals surface area (Å²) in [6.07, 6.45) is 7.75. The van der Waals surface area contributed by atoms with Crippen LogP contribution in [0.25, 0.3) is 27.9 Å². The highest BCUT2D eigenvalue weighted by molar-refractivity contribution is 5.94. The Hall–Kier alpha value is -4.11. The Morgan fingerprint density at radius 3 is 2.94 bits per heavy atom. The van der Waals surface area contributed by atoms with Gasteiger partial charge in [-0.3, -0.25) is 9.78 Å². The van der Waals surface area contributed by atoms with Crippen LogP contribution in [0.1, 0.15) is 17.7 Å². The number of hydrogen-bond donors (Lipinski definition) is 3. The van der Waals surface area contributed by atoms with Crippen LogP contribution in [0.4, 0.5) is 10.2 Å². The molecule has 0 spiro atoms. The second kappa shape index (κ2) is 9.40. The quantitative estimate of drug-likeness (QED) is 0.409. The number of nitrogens with one attached hydrogen (secondary N) is 2. The van der Waals surface area contributed by atoms with Crippen molar-refractivity contribution >= 4 is 28.3 Å². The summed E-state index contributed by atoms with van der Waals surface area (Å²) in [6.45, 7) is 0.986. The van der Waals surface area contributed by atoms with Gasteiger partial charge in [0, 0.05) is 42.5 Å². The first kappa shape index (κ1) is 21.7. The third-order valence-electron chi connectivity index (χ3n) is 5.85. The lowest BCUT2D eigenvalue weighted by atomic mass is 10.0. The van der Waals surface area contributed by atoms with Gasteiger partial charge in [0.2, 0.25) is 5.91 Å². The second-order valence-corrected chi connectivity index (χ2v) is 8.05. The number of benzene rings is 1. The van der Waals surface area contributed by atoms with Gasteiger partial charge in [0.05, 0.1) is 18.1 Å². The van der Waals surface area contributed by atoms with Gasteiger partial charge in [0.25, 0.3) is 0 Å². The van der Waals surface area contributed by atoms with E-state index in [1.807, 2.05) is 24.3 Å². The zero-order valence-corrected chi connectivity index (χ0v) is 18.3. The topological polar surface area (TPSA) is 107 Å². The molecule has 1 aromatic carbocycles. The van der Waals surface area contributed by atoms with Crippen molar-refractivity contribution in [3.05, 3.63) is 78.1 Å². The lowest BCUT2D eigenvalue weighted by Crippen LogP contribution is -2.36. The third kappa shape index (κ3) is 4.51. The Labute approximate surface area is 195 Å². The van der Waals surface area contributed by atoms with Crippen molar-refractivity contribution in [3.63, 3.8) is 0 Å². The van der Waals surface area contributed by atoms with Crippen LogP contribution < -0.4 is 5.32 Å². The number of aliphatic hydroxyl groups excluding tert-OH is 1. The van der Waals surface area contributed by atoms with E-state index in [2.05, 4.69) is 20.3 Å². The van der Waals surface area contributed by atoms with Crippen LogP contribution in [0.15, 0.2) is 61.1 Å². The molecule has 8 nitrogen and oxygen atoms in total. The van der Waals surface area contributed by atoms with Gasteiger partial charge < -0.3 is 20.3 Å². The monoisotopic (exact) mass is 458 g/mol. The fraction of sp³-hybridized carbons (Fsp3) is 0.200. The van der Waals surface area contributed by atoms with Crippen molar-refractivity contribution in [2.45, 2.75) is 13.0 Å². The lowest BCUT2D eigenvalue weighted by Gasteiger charge is -2.25. The average Bonchev–Trinajstić information content (AvgIpc) is 3.32. The smallest absolute Gasteiger partial charge is 0.248 e. The predicted molar refractivity (Wildman–Crippen MR) is 127 cm³/mol. The van der Waals surface area contributed by atoms with Crippen molar-refractivity contribution < 1.29 is 14.3 Å². The predicted octanol–water partition coefficient (Wildman–Crippen LogP) is 3.38. The second-order valence-electron chi connectivity index (χ2n) is 8.05. The largest absolute Gasteiger partial charge is 0.387 e. The first-order valence-electron chi connectivity index (χ1n) is 11.0. The Kier molecular flexibility index (Phi) is 6.01. The van der Waals surface area contributed by atoms with Gasteiger partial charge >= 0.3 is 0 Å². The fourth-order valence-electron chi connectivity index (χ4n) is 4.08. The molecule has 4 heterocycles. The SMILES string of the molecule is O=C(CO)N1CC=C(c2cc3c(-c4cncc(NCc5cccc(F)c5)n4)ccnc3[nH]2)CC1. The molecular formula is C25H23FN6O2. The first-order chi connectivity index (χ1) is 16.6. The minimum atomic E-state index is -0.472. The van der Waals surface area contributed by atoms with Crippen LogP contribution in [0.2, 0.25) is 0 Å². The van der Waals surface area contributed by atoms with E-state index in [0.29, 0.717) is 37.6 Å². The number of carbonyl (C=O) groups excluding carboxylic acids is 1. The van der Waals surface area contributed by atoms with Crippen LogP contribution in [-0.4, -0.2) is 55.5 Å². The van der Waals surface area contributed by atoms with Crippen molar-refractivity contribution in [2.75, 3.05) is 25.0 Å². The van der Waals surface area contributed by atoms with Gasteiger partial charge in [-0.25, -0.2) is 14.4 Å². The normalized spacial score (nSPS) is 13.7. The van der Waals surface area contributed by atoms with Crippen LogP contribution in [0, 0.1) is 5.82 Å². The van der Waals surface area contributed by atoms with Gasteiger partial charge in [-0.05, 0) is 41.8 Å². The zero-order valence-electron chi connectivity index (χ0n) is 18.3. The first-order valence-corrected chi connectivity index (χ1v) is 11.0. The van der Waals surface area contributed by atoms with Gasteiger partial charge in [-0.15, -0.1) is 0 Å². The fourth-order valence-corrected chi connectivity index (χ4v) is 4.08. The molecule has 9 heteroatoms. The number of aromatic nitrogens is 4. The number of pyridine rings is 1. The van der Waals surface area contributed by atoms with E-state index in [4.69, 9.17) is 10.1 Å². The highest BCUT2D eigenvalue weighted by Gasteiger charge is 2.19. The Bertz CT molecular complexity index is 1380. The Morgan fingerprint density at radius 2 is 2.15 bits per heavy atom. The van der Waals surface area contributed by atoms with E-state index < -0.39 is 6.61 Å². The number of fused-ring (bicyclic) bond motifs is 1. The third-order valence-corrected chi connectivity index (χ3v) is 5.85. The number of hydrogen-bond acceptors (Lipinski definition) is 6. The molecule has 1 amide bonds. The summed E-state index contributed by atoms with van der Waals surface area (Å²) in [4.78, 5) is 30.2. The van der Waals surface area contributed by atoms with E-state index in [1.165, 1.54) is 12.1 Å². The van der Waals surface area contributed by atoms with Crippen LogP contribution in [-0.2, 0) is 11.3 Å². The van der Waals surface area contributed by atoms with E-state index in [-0.39, 0.29) is 11.7 Å². The van der Waals surface area contributed by atoms with Gasteiger partial charge in [-0.2, -0.15) is 0 Å². The van der Waals surface area contributed by atoms with Crippen molar-refractivity contribution in [1.29, 1.82) is 0 Å². The number of aromatic amines is 1. The van der Waals surface area contributed by atoms with E-state index in [9.17, 15) is 9.18 Å². The average molecular weight is 458 g/mol. The Balaban J connectivity index is 1.39. The maximum Gasteiger partial charge on any atom is 0.248 e. The van der Waals surface area contributed by atoms with Crippen LogP contribution in [0.3, 0.4) is 0 Å². The highest BCUT2D eigenvalue weighted by Crippen LogP contribution is 2.31. The van der Waals surface area contributed by atoms with Crippen LogP contribution in [0.5, 0.6) is 0 Å². The molecule has 1 aliphatic rings. The molecule has 3 N–H and O–H groups in total. The number of rotatable bonds is 6. The highest BCUT2D eigenvalue weighted by atomic mass is 19.1. The zero-order chi connectivity index (χ0) is 23.5. The summed E-state index contributed by atoms with van der Waals surface area (Å²) < 4.78 is 13.4. The number of aliphatic hydroxyl groups is 1. The van der Waals surface area contributed by atoms with Gasteiger partial charge in [0.15, 0.2) is 0 Å². The summed E-state index contributed by atoms with van der Waals surface area (Å²) in [7, 11) is 0. The number of carbonyl (C=O) groups is 1. The maximum absolute atomic E-state index is 13.4. The maximum atomic E-state index is 13.4.